The lowest BCUT2D eigenvalue weighted by atomic mass is 10.3. The summed E-state index contributed by atoms with van der Waals surface area (Å²) >= 11 is 0. The third-order valence-electron chi connectivity index (χ3n) is 1.78. The summed E-state index contributed by atoms with van der Waals surface area (Å²) in [6.07, 6.45) is 1.02. The lowest BCUT2D eigenvalue weighted by Gasteiger charge is -2.08. The SMILES string of the molecule is CCC(N)CS(=O)CC(=O)NCCC#N. The van der Waals surface area contributed by atoms with Crippen molar-refractivity contribution < 1.29 is 9.00 Å². The van der Waals surface area contributed by atoms with E-state index in [-0.39, 0.29) is 24.1 Å². The number of amides is 1. The van der Waals surface area contributed by atoms with Crippen LogP contribution in [-0.2, 0) is 15.6 Å². The molecule has 0 aliphatic heterocycles. The number of carbonyl (C=O) groups excluding carboxylic acids is 1. The molecule has 0 rings (SSSR count). The number of hydrogen-bond donors (Lipinski definition) is 2. The Kier molecular flexibility index (Phi) is 7.86. The summed E-state index contributed by atoms with van der Waals surface area (Å²) in [6.45, 7) is 2.22. The fourth-order valence-electron chi connectivity index (χ4n) is 0.871. The molecule has 0 fully saturated rings. The number of nitriles is 1. The van der Waals surface area contributed by atoms with Gasteiger partial charge in [0.15, 0.2) is 0 Å². The van der Waals surface area contributed by atoms with Crippen molar-refractivity contribution in [2.24, 2.45) is 5.73 Å². The lowest BCUT2D eigenvalue weighted by Crippen LogP contribution is -2.33. The molecule has 6 heteroatoms. The van der Waals surface area contributed by atoms with E-state index in [9.17, 15) is 9.00 Å². The van der Waals surface area contributed by atoms with E-state index in [2.05, 4.69) is 5.32 Å². The van der Waals surface area contributed by atoms with Gasteiger partial charge in [-0.1, -0.05) is 6.92 Å². The Bertz CT molecular complexity index is 263. The van der Waals surface area contributed by atoms with Crippen molar-refractivity contribution in [1.82, 2.24) is 5.32 Å². The van der Waals surface area contributed by atoms with Crippen LogP contribution in [0.25, 0.3) is 0 Å². The Labute approximate surface area is 92.5 Å². The Morgan fingerprint density at radius 2 is 2.33 bits per heavy atom. The molecule has 5 nitrogen and oxygen atoms in total. The number of rotatable bonds is 7. The average Bonchev–Trinajstić information content (AvgIpc) is 2.17. The summed E-state index contributed by atoms with van der Waals surface area (Å²) in [5.74, 6) is 0.0354. The quantitative estimate of drug-likeness (QED) is 0.577. The van der Waals surface area contributed by atoms with E-state index < -0.39 is 10.8 Å². The minimum atomic E-state index is -1.21. The number of nitrogens with one attached hydrogen (secondary N) is 1. The van der Waals surface area contributed by atoms with Crippen molar-refractivity contribution in [2.75, 3.05) is 18.1 Å². The molecule has 0 heterocycles. The van der Waals surface area contributed by atoms with Gasteiger partial charge in [-0.3, -0.25) is 9.00 Å². The second-order valence-corrected chi connectivity index (χ2v) is 4.68. The van der Waals surface area contributed by atoms with Crippen LogP contribution in [0.2, 0.25) is 0 Å². The fraction of sp³-hybridized carbons (Fsp3) is 0.778. The van der Waals surface area contributed by atoms with Crippen molar-refractivity contribution in [2.45, 2.75) is 25.8 Å². The number of hydrogen-bond acceptors (Lipinski definition) is 4. The van der Waals surface area contributed by atoms with Crippen LogP contribution in [0, 0.1) is 11.3 Å². The molecular formula is C9H17N3O2S. The first-order valence-corrected chi connectivity index (χ1v) is 6.33. The average molecular weight is 231 g/mol. The molecule has 0 aliphatic carbocycles. The zero-order valence-electron chi connectivity index (χ0n) is 8.86. The molecule has 0 radical (unpaired) electrons. The molecule has 0 saturated heterocycles. The number of nitrogens with two attached hydrogens (primary N) is 1. The van der Waals surface area contributed by atoms with Crippen molar-refractivity contribution in [1.29, 1.82) is 5.26 Å². The summed E-state index contributed by atoms with van der Waals surface area (Å²) in [5, 5.41) is 10.7. The fourth-order valence-corrected chi connectivity index (χ4v) is 2.10. The maximum absolute atomic E-state index is 11.4. The number of carbonyl (C=O) groups is 1. The van der Waals surface area contributed by atoms with Gasteiger partial charge in [-0.2, -0.15) is 5.26 Å². The van der Waals surface area contributed by atoms with Crippen molar-refractivity contribution >= 4 is 16.7 Å². The van der Waals surface area contributed by atoms with Gasteiger partial charge in [0.1, 0.15) is 5.75 Å². The summed E-state index contributed by atoms with van der Waals surface area (Å²) in [5.41, 5.74) is 5.60. The van der Waals surface area contributed by atoms with Crippen LogP contribution in [-0.4, -0.2) is 34.2 Å². The highest BCUT2D eigenvalue weighted by Gasteiger charge is 2.10. The van der Waals surface area contributed by atoms with Gasteiger partial charge in [0.25, 0.3) is 0 Å². The van der Waals surface area contributed by atoms with Crippen LogP contribution in [0.3, 0.4) is 0 Å². The molecule has 15 heavy (non-hydrogen) atoms. The Morgan fingerprint density at radius 3 is 2.87 bits per heavy atom. The van der Waals surface area contributed by atoms with Crippen molar-refractivity contribution in [3.63, 3.8) is 0 Å². The minimum absolute atomic E-state index is 0.0286. The maximum atomic E-state index is 11.4. The lowest BCUT2D eigenvalue weighted by molar-refractivity contribution is -0.118. The van der Waals surface area contributed by atoms with Gasteiger partial charge >= 0.3 is 0 Å². The molecule has 0 aromatic rings. The molecule has 3 N–H and O–H groups in total. The van der Waals surface area contributed by atoms with Crippen LogP contribution in [0.1, 0.15) is 19.8 Å². The Balaban J connectivity index is 3.68. The van der Waals surface area contributed by atoms with Crippen LogP contribution in [0.15, 0.2) is 0 Å². The maximum Gasteiger partial charge on any atom is 0.232 e. The van der Waals surface area contributed by atoms with E-state index in [1.165, 1.54) is 0 Å². The van der Waals surface area contributed by atoms with E-state index in [0.717, 1.165) is 6.42 Å². The van der Waals surface area contributed by atoms with Crippen molar-refractivity contribution in [3.05, 3.63) is 0 Å². The van der Waals surface area contributed by atoms with Gasteiger partial charge < -0.3 is 11.1 Å². The molecule has 1 amide bonds. The topological polar surface area (TPSA) is 96.0 Å². The zero-order valence-corrected chi connectivity index (χ0v) is 9.68. The molecule has 0 bridgehead atoms. The predicted octanol–water partition coefficient (Wildman–Crippen LogP) is -0.498. The van der Waals surface area contributed by atoms with E-state index >= 15 is 0 Å². The van der Waals surface area contributed by atoms with E-state index in [0.29, 0.717) is 12.3 Å². The van der Waals surface area contributed by atoms with E-state index in [4.69, 9.17) is 11.0 Å². The molecule has 0 aromatic carbocycles. The second-order valence-electron chi connectivity index (χ2n) is 3.18. The van der Waals surface area contributed by atoms with Gasteiger partial charge in [-0.05, 0) is 6.42 Å². The highest BCUT2D eigenvalue weighted by atomic mass is 32.2. The van der Waals surface area contributed by atoms with Gasteiger partial charge in [0.05, 0.1) is 12.5 Å². The van der Waals surface area contributed by atoms with Crippen LogP contribution in [0.4, 0.5) is 0 Å². The minimum Gasteiger partial charge on any atom is -0.354 e. The van der Waals surface area contributed by atoms with Gasteiger partial charge in [0, 0.05) is 29.1 Å². The molecule has 86 valence electrons. The van der Waals surface area contributed by atoms with Crippen LogP contribution >= 0.6 is 0 Å². The monoisotopic (exact) mass is 231 g/mol. The molecule has 0 spiro atoms. The Hall–Kier alpha value is -0.930. The Morgan fingerprint density at radius 1 is 1.67 bits per heavy atom. The molecule has 2 unspecified atom stereocenters. The third kappa shape index (κ3) is 8.09. The molecule has 0 aliphatic rings. The zero-order chi connectivity index (χ0) is 11.7. The largest absolute Gasteiger partial charge is 0.354 e. The van der Waals surface area contributed by atoms with Gasteiger partial charge in [-0.15, -0.1) is 0 Å². The summed E-state index contributed by atoms with van der Waals surface area (Å²) in [4.78, 5) is 11.1. The smallest absolute Gasteiger partial charge is 0.232 e. The normalized spacial score (nSPS) is 13.9. The van der Waals surface area contributed by atoms with Crippen molar-refractivity contribution in [3.8, 4) is 6.07 Å². The second kappa shape index (κ2) is 8.38. The third-order valence-corrected chi connectivity index (χ3v) is 3.16. The summed E-state index contributed by atoms with van der Waals surface area (Å²) in [7, 11) is -1.21. The van der Waals surface area contributed by atoms with Crippen LogP contribution < -0.4 is 11.1 Å². The standard InChI is InChI=1S/C9H17N3O2S/c1-2-8(11)6-15(14)7-9(13)12-5-3-4-10/h8H,2-3,5-7,11H2,1H3,(H,12,13). The summed E-state index contributed by atoms with van der Waals surface area (Å²) in [6, 6.07) is 1.79. The predicted molar refractivity (Wildman–Crippen MR) is 59.4 cm³/mol. The molecule has 0 aromatic heterocycles. The van der Waals surface area contributed by atoms with Gasteiger partial charge in [0.2, 0.25) is 5.91 Å². The molecule has 2 atom stereocenters. The van der Waals surface area contributed by atoms with E-state index in [1.807, 2.05) is 13.0 Å². The van der Waals surface area contributed by atoms with Crippen LogP contribution in [0.5, 0.6) is 0 Å². The highest BCUT2D eigenvalue weighted by Crippen LogP contribution is 1.91. The van der Waals surface area contributed by atoms with E-state index in [1.54, 1.807) is 0 Å². The summed E-state index contributed by atoms with van der Waals surface area (Å²) < 4.78 is 11.4. The highest BCUT2D eigenvalue weighted by molar-refractivity contribution is 7.85. The number of nitrogens with zero attached hydrogens (tertiary/aromatic N) is 1. The molecule has 0 saturated carbocycles. The first-order valence-electron chi connectivity index (χ1n) is 4.84. The van der Waals surface area contributed by atoms with Gasteiger partial charge in [-0.25, -0.2) is 0 Å². The first kappa shape index (κ1) is 14.1. The first-order chi connectivity index (χ1) is 7.10. The molecular weight excluding hydrogens is 214 g/mol.